The number of furan rings is 1. The Balaban J connectivity index is 1.64. The molecule has 0 fully saturated rings. The van der Waals surface area contributed by atoms with Crippen LogP contribution in [0.3, 0.4) is 0 Å². The molecular formula is C16H15N3O3S. The molecule has 1 aliphatic carbocycles. The zero-order chi connectivity index (χ0) is 16.0. The molecule has 7 heteroatoms. The van der Waals surface area contributed by atoms with Crippen molar-refractivity contribution in [3.05, 3.63) is 56.3 Å². The van der Waals surface area contributed by atoms with Gasteiger partial charge in [-0.05, 0) is 38.3 Å². The van der Waals surface area contributed by atoms with Gasteiger partial charge in [-0.2, -0.15) is 0 Å². The van der Waals surface area contributed by atoms with Gasteiger partial charge in [-0.3, -0.25) is 14.0 Å². The fourth-order valence-electron chi connectivity index (χ4n) is 2.91. The van der Waals surface area contributed by atoms with Crippen LogP contribution >= 0.6 is 11.3 Å². The fourth-order valence-corrected chi connectivity index (χ4v) is 4.07. The van der Waals surface area contributed by atoms with Crippen molar-refractivity contribution in [3.63, 3.8) is 0 Å². The van der Waals surface area contributed by atoms with Crippen molar-refractivity contribution in [2.45, 2.75) is 32.7 Å². The van der Waals surface area contributed by atoms with Gasteiger partial charge in [0.15, 0.2) is 4.96 Å². The number of fused-ring (bicyclic) bond motifs is 3. The number of hydrogen-bond donors (Lipinski definition) is 1. The van der Waals surface area contributed by atoms with E-state index in [0.29, 0.717) is 10.7 Å². The van der Waals surface area contributed by atoms with Gasteiger partial charge in [-0.25, -0.2) is 4.98 Å². The third-order valence-electron chi connectivity index (χ3n) is 4.02. The van der Waals surface area contributed by atoms with E-state index in [1.165, 1.54) is 22.4 Å². The maximum absolute atomic E-state index is 12.7. The van der Waals surface area contributed by atoms with E-state index in [9.17, 15) is 9.59 Å². The van der Waals surface area contributed by atoms with E-state index in [0.717, 1.165) is 30.7 Å². The van der Waals surface area contributed by atoms with E-state index < -0.39 is 5.91 Å². The van der Waals surface area contributed by atoms with Crippen LogP contribution in [0.2, 0.25) is 0 Å². The molecule has 0 aromatic carbocycles. The van der Waals surface area contributed by atoms with Gasteiger partial charge in [0.05, 0.1) is 6.54 Å². The molecule has 0 aliphatic heterocycles. The highest BCUT2D eigenvalue weighted by Gasteiger charge is 2.22. The average Bonchev–Trinajstić information content (AvgIpc) is 3.20. The topological polar surface area (TPSA) is 76.6 Å². The molecule has 3 aromatic rings. The SMILES string of the molecule is Cc1ccc(CNC(=O)c2cnc3sc4c(n3c2=O)CCC4)o1. The molecule has 3 aromatic heterocycles. The van der Waals surface area contributed by atoms with E-state index in [1.807, 2.05) is 13.0 Å². The second kappa shape index (κ2) is 5.34. The lowest BCUT2D eigenvalue weighted by Gasteiger charge is -2.04. The van der Waals surface area contributed by atoms with Crippen LogP contribution in [0.1, 0.15) is 38.9 Å². The standard InChI is InChI=1S/C16H15N3O3S/c1-9-5-6-10(22-9)7-17-14(20)11-8-18-16-19(15(11)21)12-3-2-4-13(12)23-16/h5-6,8H,2-4,7H2,1H3,(H,17,20). The molecule has 1 aliphatic rings. The average molecular weight is 329 g/mol. The zero-order valence-corrected chi connectivity index (χ0v) is 13.4. The maximum atomic E-state index is 12.7. The smallest absolute Gasteiger partial charge is 0.271 e. The van der Waals surface area contributed by atoms with Crippen LogP contribution in [0.4, 0.5) is 0 Å². The van der Waals surface area contributed by atoms with E-state index >= 15 is 0 Å². The molecule has 0 unspecified atom stereocenters. The first kappa shape index (κ1) is 14.2. The minimum absolute atomic E-state index is 0.0679. The number of amides is 1. The summed E-state index contributed by atoms with van der Waals surface area (Å²) >= 11 is 1.54. The Bertz CT molecular complexity index is 967. The number of aromatic nitrogens is 2. The summed E-state index contributed by atoms with van der Waals surface area (Å²) in [6.07, 6.45) is 4.28. The summed E-state index contributed by atoms with van der Waals surface area (Å²) in [4.78, 5) is 31.1. The summed E-state index contributed by atoms with van der Waals surface area (Å²) in [6, 6.07) is 3.63. The largest absolute Gasteiger partial charge is 0.465 e. The Morgan fingerprint density at radius 3 is 3.09 bits per heavy atom. The molecule has 1 amide bonds. The van der Waals surface area contributed by atoms with Crippen LogP contribution in [0.5, 0.6) is 0 Å². The predicted octanol–water partition coefficient (Wildman–Crippen LogP) is 2.08. The Morgan fingerprint density at radius 1 is 1.43 bits per heavy atom. The van der Waals surface area contributed by atoms with E-state index in [1.54, 1.807) is 10.5 Å². The molecule has 0 radical (unpaired) electrons. The lowest BCUT2D eigenvalue weighted by atomic mass is 10.3. The molecule has 6 nitrogen and oxygen atoms in total. The van der Waals surface area contributed by atoms with E-state index in [2.05, 4.69) is 10.3 Å². The molecule has 23 heavy (non-hydrogen) atoms. The van der Waals surface area contributed by atoms with Gasteiger partial charge in [0, 0.05) is 16.8 Å². The number of carbonyl (C=O) groups is 1. The minimum Gasteiger partial charge on any atom is -0.465 e. The van der Waals surface area contributed by atoms with Crippen molar-refractivity contribution in [1.82, 2.24) is 14.7 Å². The normalized spacial score (nSPS) is 13.4. The van der Waals surface area contributed by atoms with Crippen LogP contribution in [-0.4, -0.2) is 15.3 Å². The number of rotatable bonds is 3. The molecular weight excluding hydrogens is 314 g/mol. The third-order valence-corrected chi connectivity index (χ3v) is 5.17. The van der Waals surface area contributed by atoms with Gasteiger partial charge in [0.25, 0.3) is 11.5 Å². The van der Waals surface area contributed by atoms with Crippen molar-refractivity contribution in [2.75, 3.05) is 0 Å². The monoisotopic (exact) mass is 329 g/mol. The first-order chi connectivity index (χ1) is 11.1. The maximum Gasteiger partial charge on any atom is 0.271 e. The number of carbonyl (C=O) groups excluding carboxylic acids is 1. The number of hydrogen-bond acceptors (Lipinski definition) is 5. The molecule has 3 heterocycles. The zero-order valence-electron chi connectivity index (χ0n) is 12.6. The molecule has 4 rings (SSSR count). The van der Waals surface area contributed by atoms with Crippen molar-refractivity contribution in [1.29, 1.82) is 0 Å². The minimum atomic E-state index is -0.427. The summed E-state index contributed by atoms with van der Waals surface area (Å²) in [6.45, 7) is 2.09. The highest BCUT2D eigenvalue weighted by molar-refractivity contribution is 7.17. The molecule has 118 valence electrons. The first-order valence-corrected chi connectivity index (χ1v) is 8.31. The molecule has 0 bridgehead atoms. The number of nitrogens with zero attached hydrogens (tertiary/aromatic N) is 2. The van der Waals surface area contributed by atoms with Crippen LogP contribution in [0.15, 0.2) is 27.5 Å². The highest BCUT2D eigenvalue weighted by Crippen LogP contribution is 2.28. The number of nitrogens with one attached hydrogen (secondary N) is 1. The highest BCUT2D eigenvalue weighted by atomic mass is 32.1. The van der Waals surface area contributed by atoms with Crippen molar-refractivity contribution in [2.24, 2.45) is 0 Å². The number of thiazole rings is 1. The summed E-state index contributed by atoms with van der Waals surface area (Å²) in [5.41, 5.74) is 0.791. The molecule has 0 atom stereocenters. The van der Waals surface area contributed by atoms with Gasteiger partial charge < -0.3 is 9.73 Å². The first-order valence-electron chi connectivity index (χ1n) is 7.49. The molecule has 1 N–H and O–H groups in total. The second-order valence-corrected chi connectivity index (χ2v) is 6.68. The van der Waals surface area contributed by atoms with Crippen LogP contribution in [0, 0.1) is 6.92 Å². The van der Waals surface area contributed by atoms with Gasteiger partial charge in [-0.1, -0.05) is 0 Å². The fraction of sp³-hybridized carbons (Fsp3) is 0.312. The summed E-state index contributed by atoms with van der Waals surface area (Å²) in [5, 5.41) is 2.71. The van der Waals surface area contributed by atoms with Gasteiger partial charge in [0.2, 0.25) is 0 Å². The Labute approximate surface area is 135 Å². The predicted molar refractivity (Wildman–Crippen MR) is 86.0 cm³/mol. The van der Waals surface area contributed by atoms with Crippen LogP contribution < -0.4 is 10.9 Å². The molecule has 0 spiro atoms. The van der Waals surface area contributed by atoms with Crippen molar-refractivity contribution >= 4 is 22.2 Å². The number of aryl methyl sites for hydroxylation is 3. The summed E-state index contributed by atoms with van der Waals surface area (Å²) in [5.74, 6) is 1.01. The summed E-state index contributed by atoms with van der Waals surface area (Å²) in [7, 11) is 0. The lowest BCUT2D eigenvalue weighted by molar-refractivity contribution is 0.0946. The van der Waals surface area contributed by atoms with Gasteiger partial charge >= 0.3 is 0 Å². The van der Waals surface area contributed by atoms with Gasteiger partial charge in [0.1, 0.15) is 17.1 Å². The Hall–Kier alpha value is -2.41. The summed E-state index contributed by atoms with van der Waals surface area (Å²) < 4.78 is 7.00. The van der Waals surface area contributed by atoms with E-state index in [4.69, 9.17) is 4.42 Å². The Kier molecular flexibility index (Phi) is 3.30. The van der Waals surface area contributed by atoms with Crippen molar-refractivity contribution in [3.8, 4) is 0 Å². The van der Waals surface area contributed by atoms with Gasteiger partial charge in [-0.15, -0.1) is 11.3 Å². The molecule has 0 saturated heterocycles. The van der Waals surface area contributed by atoms with Crippen LogP contribution in [-0.2, 0) is 19.4 Å². The van der Waals surface area contributed by atoms with E-state index in [-0.39, 0.29) is 17.7 Å². The van der Waals surface area contributed by atoms with Crippen LogP contribution in [0.25, 0.3) is 4.96 Å². The third kappa shape index (κ3) is 2.37. The second-order valence-electron chi connectivity index (χ2n) is 5.62. The van der Waals surface area contributed by atoms with Crippen molar-refractivity contribution < 1.29 is 9.21 Å². The molecule has 0 saturated carbocycles. The quantitative estimate of drug-likeness (QED) is 0.798. The lowest BCUT2D eigenvalue weighted by Crippen LogP contribution is -2.31. The Morgan fingerprint density at radius 2 is 2.30 bits per heavy atom.